The average Bonchev–Trinajstić information content (AvgIpc) is 2.45. The molecular weight excluding hydrogens is 288 g/mol. The van der Waals surface area contributed by atoms with Gasteiger partial charge in [-0.1, -0.05) is 17.7 Å². The molecule has 0 aliphatic rings. The Hall–Kier alpha value is -0.810. The molecule has 5 heteroatoms. The maximum atomic E-state index is 9.01. The van der Waals surface area contributed by atoms with Gasteiger partial charge in [0.05, 0.1) is 6.61 Å². The van der Waals surface area contributed by atoms with E-state index in [0.29, 0.717) is 12.6 Å². The second-order valence-corrected chi connectivity index (χ2v) is 5.72. The van der Waals surface area contributed by atoms with Gasteiger partial charge < -0.3 is 20.1 Å². The average molecular weight is 315 g/mol. The summed E-state index contributed by atoms with van der Waals surface area (Å²) in [5, 5.41) is 13.1. The lowest BCUT2D eigenvalue weighted by Crippen LogP contribution is -2.32. The van der Waals surface area contributed by atoms with E-state index in [9.17, 15) is 0 Å². The molecule has 0 unspecified atom stereocenters. The van der Waals surface area contributed by atoms with E-state index >= 15 is 0 Å². The minimum absolute atomic E-state index is 0.207. The van der Waals surface area contributed by atoms with Crippen LogP contribution in [-0.2, 0) is 11.3 Å². The van der Waals surface area contributed by atoms with Crippen LogP contribution in [0.5, 0.6) is 0 Å². The zero-order valence-corrected chi connectivity index (χ0v) is 14.0. The molecule has 0 atom stereocenters. The summed E-state index contributed by atoms with van der Waals surface area (Å²) in [6.45, 7) is 7.56. The summed E-state index contributed by atoms with van der Waals surface area (Å²) in [7, 11) is 1.69. The molecule has 0 saturated carbocycles. The minimum atomic E-state index is 0.207. The van der Waals surface area contributed by atoms with Gasteiger partial charge in [-0.2, -0.15) is 0 Å². The number of methoxy groups -OCH3 is 1. The number of aliphatic hydroxyl groups excluding tert-OH is 1. The standard InChI is InChI=1S/C16H27ClN2O2/c1-13(2)19(8-4-9-20)15-6-5-14(16(17)11-15)12-18-7-10-21-3/h5-6,11,13,18,20H,4,7-10,12H2,1-3H3. The normalized spacial score (nSPS) is 11.1. The summed E-state index contributed by atoms with van der Waals surface area (Å²) in [5.41, 5.74) is 2.19. The fourth-order valence-corrected chi connectivity index (χ4v) is 2.42. The fraction of sp³-hybridized carbons (Fsp3) is 0.625. The maximum Gasteiger partial charge on any atom is 0.0587 e. The van der Waals surface area contributed by atoms with E-state index in [1.807, 2.05) is 6.07 Å². The van der Waals surface area contributed by atoms with Crippen molar-refractivity contribution in [2.75, 3.05) is 38.3 Å². The fourth-order valence-electron chi connectivity index (χ4n) is 2.18. The van der Waals surface area contributed by atoms with Gasteiger partial charge >= 0.3 is 0 Å². The number of aliphatic hydroxyl groups is 1. The molecule has 0 amide bonds. The summed E-state index contributed by atoms with van der Waals surface area (Å²) in [6.07, 6.45) is 0.760. The van der Waals surface area contributed by atoms with Crippen LogP contribution in [0.1, 0.15) is 25.8 Å². The molecule has 21 heavy (non-hydrogen) atoms. The van der Waals surface area contributed by atoms with Gasteiger partial charge in [0.2, 0.25) is 0 Å². The highest BCUT2D eigenvalue weighted by atomic mass is 35.5. The number of nitrogens with zero attached hydrogens (tertiary/aromatic N) is 1. The molecule has 0 saturated heterocycles. The number of nitrogens with one attached hydrogen (secondary N) is 1. The summed E-state index contributed by atoms with van der Waals surface area (Å²) >= 11 is 6.38. The number of rotatable bonds is 10. The topological polar surface area (TPSA) is 44.7 Å². The van der Waals surface area contributed by atoms with Gasteiger partial charge in [0, 0.05) is 50.1 Å². The van der Waals surface area contributed by atoms with Crippen LogP contribution in [0.25, 0.3) is 0 Å². The van der Waals surface area contributed by atoms with Crippen molar-refractivity contribution in [1.29, 1.82) is 0 Å². The van der Waals surface area contributed by atoms with E-state index in [4.69, 9.17) is 21.4 Å². The Labute approximate surface area is 133 Å². The first-order valence-electron chi connectivity index (χ1n) is 7.45. The molecular formula is C16H27ClN2O2. The zero-order valence-electron chi connectivity index (χ0n) is 13.2. The smallest absolute Gasteiger partial charge is 0.0587 e. The first kappa shape index (κ1) is 18.2. The van der Waals surface area contributed by atoms with Gasteiger partial charge in [-0.05, 0) is 38.0 Å². The van der Waals surface area contributed by atoms with Crippen molar-refractivity contribution < 1.29 is 9.84 Å². The van der Waals surface area contributed by atoms with E-state index in [2.05, 4.69) is 36.2 Å². The first-order chi connectivity index (χ1) is 10.1. The number of hydrogen-bond acceptors (Lipinski definition) is 4. The second kappa shape index (κ2) is 10.0. The molecule has 120 valence electrons. The zero-order chi connectivity index (χ0) is 15.7. The third-order valence-corrected chi connectivity index (χ3v) is 3.70. The van der Waals surface area contributed by atoms with Crippen molar-refractivity contribution in [1.82, 2.24) is 5.32 Å². The van der Waals surface area contributed by atoms with E-state index < -0.39 is 0 Å². The number of hydrogen-bond donors (Lipinski definition) is 2. The van der Waals surface area contributed by atoms with Crippen molar-refractivity contribution in [3.05, 3.63) is 28.8 Å². The summed E-state index contributed by atoms with van der Waals surface area (Å²) < 4.78 is 5.00. The molecule has 0 heterocycles. The third-order valence-electron chi connectivity index (χ3n) is 3.35. The van der Waals surface area contributed by atoms with E-state index in [1.165, 1.54) is 0 Å². The number of halogens is 1. The van der Waals surface area contributed by atoms with E-state index in [-0.39, 0.29) is 6.61 Å². The Morgan fingerprint density at radius 1 is 1.38 bits per heavy atom. The molecule has 1 aromatic rings. The van der Waals surface area contributed by atoms with E-state index in [0.717, 1.165) is 42.3 Å². The van der Waals surface area contributed by atoms with Crippen molar-refractivity contribution in [2.45, 2.75) is 32.9 Å². The van der Waals surface area contributed by atoms with Crippen LogP contribution in [0.15, 0.2) is 18.2 Å². The SMILES string of the molecule is COCCNCc1ccc(N(CCCO)C(C)C)cc1Cl. The Balaban J connectivity index is 2.70. The lowest BCUT2D eigenvalue weighted by molar-refractivity contribution is 0.199. The van der Waals surface area contributed by atoms with Crippen LogP contribution >= 0.6 is 11.6 Å². The van der Waals surface area contributed by atoms with Crippen LogP contribution < -0.4 is 10.2 Å². The predicted octanol–water partition coefficient (Wildman–Crippen LogP) is 2.67. The van der Waals surface area contributed by atoms with Gasteiger partial charge in [0.15, 0.2) is 0 Å². The summed E-state index contributed by atoms with van der Waals surface area (Å²) in [5.74, 6) is 0. The Bertz CT molecular complexity index is 413. The Morgan fingerprint density at radius 2 is 2.14 bits per heavy atom. The highest BCUT2D eigenvalue weighted by Crippen LogP contribution is 2.25. The molecule has 0 bridgehead atoms. The molecule has 4 nitrogen and oxygen atoms in total. The van der Waals surface area contributed by atoms with Gasteiger partial charge in [-0.3, -0.25) is 0 Å². The van der Waals surface area contributed by atoms with Crippen LogP contribution in [-0.4, -0.2) is 44.6 Å². The van der Waals surface area contributed by atoms with Crippen LogP contribution in [0, 0.1) is 0 Å². The largest absolute Gasteiger partial charge is 0.396 e. The second-order valence-electron chi connectivity index (χ2n) is 5.31. The van der Waals surface area contributed by atoms with Crippen molar-refractivity contribution in [3.8, 4) is 0 Å². The highest BCUT2D eigenvalue weighted by Gasteiger charge is 2.12. The lowest BCUT2D eigenvalue weighted by Gasteiger charge is -2.29. The first-order valence-corrected chi connectivity index (χ1v) is 7.83. The van der Waals surface area contributed by atoms with Crippen LogP contribution in [0.2, 0.25) is 5.02 Å². The third kappa shape index (κ3) is 6.22. The molecule has 0 aliphatic carbocycles. The molecule has 0 radical (unpaired) electrons. The number of benzene rings is 1. The van der Waals surface area contributed by atoms with Gasteiger partial charge in [-0.25, -0.2) is 0 Å². The van der Waals surface area contributed by atoms with Crippen LogP contribution in [0.4, 0.5) is 5.69 Å². The van der Waals surface area contributed by atoms with Gasteiger partial charge in [0.1, 0.15) is 0 Å². The highest BCUT2D eigenvalue weighted by molar-refractivity contribution is 6.31. The molecule has 0 aliphatic heterocycles. The molecule has 0 aromatic heterocycles. The maximum absolute atomic E-state index is 9.01. The molecule has 2 N–H and O–H groups in total. The molecule has 0 spiro atoms. The molecule has 0 fully saturated rings. The van der Waals surface area contributed by atoms with Gasteiger partial charge in [0.25, 0.3) is 0 Å². The monoisotopic (exact) mass is 314 g/mol. The minimum Gasteiger partial charge on any atom is -0.396 e. The Kier molecular flexibility index (Phi) is 8.69. The van der Waals surface area contributed by atoms with Crippen molar-refractivity contribution in [3.63, 3.8) is 0 Å². The summed E-state index contributed by atoms with van der Waals surface area (Å²) in [6, 6.07) is 6.53. The van der Waals surface area contributed by atoms with E-state index in [1.54, 1.807) is 7.11 Å². The molecule has 1 rings (SSSR count). The van der Waals surface area contributed by atoms with Crippen molar-refractivity contribution in [2.24, 2.45) is 0 Å². The lowest BCUT2D eigenvalue weighted by atomic mass is 10.1. The summed E-state index contributed by atoms with van der Waals surface area (Å²) in [4.78, 5) is 2.25. The quantitative estimate of drug-likeness (QED) is 0.652. The number of anilines is 1. The van der Waals surface area contributed by atoms with Gasteiger partial charge in [-0.15, -0.1) is 0 Å². The van der Waals surface area contributed by atoms with Crippen LogP contribution in [0.3, 0.4) is 0 Å². The van der Waals surface area contributed by atoms with Crippen molar-refractivity contribution >= 4 is 17.3 Å². The number of ether oxygens (including phenoxy) is 1. The predicted molar refractivity (Wildman–Crippen MR) is 89.2 cm³/mol. The Morgan fingerprint density at radius 3 is 2.71 bits per heavy atom. The molecule has 1 aromatic carbocycles.